The fourth-order valence-electron chi connectivity index (χ4n) is 5.00. The van der Waals surface area contributed by atoms with Gasteiger partial charge in [0.2, 0.25) is 5.91 Å². The van der Waals surface area contributed by atoms with E-state index in [9.17, 15) is 24.0 Å². The molecule has 0 aliphatic rings. The highest BCUT2D eigenvalue weighted by Gasteiger charge is 2.28. The summed E-state index contributed by atoms with van der Waals surface area (Å²) < 4.78 is 6.07. The number of amides is 4. The third-order valence-corrected chi connectivity index (χ3v) is 10.4. The van der Waals surface area contributed by atoms with Gasteiger partial charge >= 0.3 is 5.97 Å². The maximum absolute atomic E-state index is 13.6. The van der Waals surface area contributed by atoms with Crippen molar-refractivity contribution in [2.24, 2.45) is 0 Å². The molecule has 0 aliphatic heterocycles. The number of halogens is 1. The van der Waals surface area contributed by atoms with E-state index in [0.29, 0.717) is 33.0 Å². The Balaban J connectivity index is 1.30. The van der Waals surface area contributed by atoms with E-state index in [-0.39, 0.29) is 27.7 Å². The molecule has 4 aromatic carbocycles. The van der Waals surface area contributed by atoms with Gasteiger partial charge in [0.1, 0.15) is 10.7 Å². The Bertz CT molecular complexity index is 2170. The van der Waals surface area contributed by atoms with Gasteiger partial charge < -0.3 is 26.0 Å². The number of ether oxygens (including phenoxy) is 1. The van der Waals surface area contributed by atoms with E-state index in [4.69, 9.17) is 4.74 Å². The van der Waals surface area contributed by atoms with E-state index in [1.165, 1.54) is 11.8 Å². The summed E-state index contributed by atoms with van der Waals surface area (Å²) in [6.45, 7) is 5.14. The van der Waals surface area contributed by atoms with Crippen molar-refractivity contribution in [3.05, 3.63) is 146 Å². The van der Waals surface area contributed by atoms with Crippen molar-refractivity contribution < 1.29 is 28.7 Å². The number of carbonyl (C=O) groups excluding carboxylic acids is 5. The maximum atomic E-state index is 13.6. The topological polar surface area (TPSA) is 143 Å². The number of thiophene rings is 1. The lowest BCUT2D eigenvalue weighted by molar-refractivity contribution is -0.115. The zero-order chi connectivity index (χ0) is 37.9. The van der Waals surface area contributed by atoms with Gasteiger partial charge in [-0.15, -0.1) is 23.1 Å². The van der Waals surface area contributed by atoms with Crippen LogP contribution in [0.2, 0.25) is 0 Å². The van der Waals surface area contributed by atoms with Crippen molar-refractivity contribution >= 4 is 91.1 Å². The van der Waals surface area contributed by atoms with Crippen LogP contribution in [0.1, 0.15) is 55.4 Å². The summed E-state index contributed by atoms with van der Waals surface area (Å²) in [5, 5.41) is 10.8. The number of carbonyl (C=O) groups is 5. The van der Waals surface area contributed by atoms with E-state index < -0.39 is 34.8 Å². The summed E-state index contributed by atoms with van der Waals surface area (Å²) in [7, 11) is 0. The molecule has 0 spiro atoms. The van der Waals surface area contributed by atoms with E-state index >= 15 is 0 Å². The van der Waals surface area contributed by atoms with Gasteiger partial charge in [-0.25, -0.2) is 4.79 Å². The third-order valence-electron chi connectivity index (χ3n) is 7.56. The van der Waals surface area contributed by atoms with Gasteiger partial charge in [-0.1, -0.05) is 70.5 Å². The molecule has 4 amide bonds. The Morgan fingerprint density at radius 2 is 1.49 bits per heavy atom. The summed E-state index contributed by atoms with van der Waals surface area (Å²) in [6.07, 6.45) is 1.58. The van der Waals surface area contributed by atoms with Crippen molar-refractivity contribution in [3.63, 3.8) is 0 Å². The Hall–Kier alpha value is -5.50. The van der Waals surface area contributed by atoms with Crippen LogP contribution in [-0.2, 0) is 14.3 Å². The predicted octanol–water partition coefficient (Wildman–Crippen LogP) is 8.78. The SMILES string of the molecule is CCOC(=O)c1c(NC(=O)C(C)Sc2cccc(NC(=O)/C(=C\c3cccc(Br)c3)NC(=O)c3ccccc3)c2)sc(C(=O)Nc2ccccc2)c1C. The summed E-state index contributed by atoms with van der Waals surface area (Å²) >= 11 is 5.67. The molecule has 0 fully saturated rings. The molecule has 0 saturated heterocycles. The Kier molecular flexibility index (Phi) is 13.4. The first-order valence-electron chi connectivity index (χ1n) is 16.4. The highest BCUT2D eigenvalue weighted by molar-refractivity contribution is 9.10. The molecule has 0 aliphatic carbocycles. The van der Waals surface area contributed by atoms with Crippen molar-refractivity contribution in [2.45, 2.75) is 30.9 Å². The van der Waals surface area contributed by atoms with Gasteiger partial charge in [0.15, 0.2) is 0 Å². The summed E-state index contributed by atoms with van der Waals surface area (Å²) in [6, 6.07) is 31.7. The third kappa shape index (κ3) is 10.5. The molecule has 0 radical (unpaired) electrons. The second kappa shape index (κ2) is 18.3. The van der Waals surface area contributed by atoms with Crippen molar-refractivity contribution in [1.29, 1.82) is 0 Å². The second-order valence-electron chi connectivity index (χ2n) is 11.5. The number of esters is 1. The first-order valence-corrected chi connectivity index (χ1v) is 18.9. The molecular formula is C40H35BrN4O6S2. The molecule has 1 unspecified atom stereocenters. The van der Waals surface area contributed by atoms with Crippen molar-refractivity contribution in [2.75, 3.05) is 22.6 Å². The fraction of sp³-hybridized carbons (Fsp3) is 0.125. The van der Waals surface area contributed by atoms with E-state index in [0.717, 1.165) is 15.8 Å². The summed E-state index contributed by atoms with van der Waals surface area (Å²) in [5.74, 6) is -2.46. The highest BCUT2D eigenvalue weighted by atomic mass is 79.9. The molecule has 10 nitrogen and oxygen atoms in total. The molecule has 53 heavy (non-hydrogen) atoms. The van der Waals surface area contributed by atoms with Crippen LogP contribution in [0.3, 0.4) is 0 Å². The van der Waals surface area contributed by atoms with E-state index in [1.54, 1.807) is 106 Å². The van der Waals surface area contributed by atoms with Crippen LogP contribution < -0.4 is 21.3 Å². The quantitative estimate of drug-likeness (QED) is 0.0529. The zero-order valence-electron chi connectivity index (χ0n) is 28.9. The number of thioether (sulfide) groups is 1. The Labute approximate surface area is 323 Å². The normalized spacial score (nSPS) is 11.6. The molecule has 0 bridgehead atoms. The lowest BCUT2D eigenvalue weighted by Gasteiger charge is -2.14. The number of nitrogens with one attached hydrogen (secondary N) is 4. The first kappa shape index (κ1) is 38.7. The van der Waals surface area contributed by atoms with E-state index in [2.05, 4.69) is 37.2 Å². The summed E-state index contributed by atoms with van der Waals surface area (Å²) in [4.78, 5) is 67.2. The van der Waals surface area contributed by atoms with Crippen LogP contribution in [0.4, 0.5) is 16.4 Å². The number of hydrogen-bond donors (Lipinski definition) is 4. The minimum Gasteiger partial charge on any atom is -0.462 e. The number of hydrogen-bond acceptors (Lipinski definition) is 8. The molecule has 5 aromatic rings. The number of anilines is 3. The van der Waals surface area contributed by atoms with Gasteiger partial charge in [-0.2, -0.15) is 0 Å². The van der Waals surface area contributed by atoms with Gasteiger partial charge in [0.25, 0.3) is 17.7 Å². The lowest BCUT2D eigenvalue weighted by Crippen LogP contribution is -2.30. The predicted molar refractivity (Wildman–Crippen MR) is 214 cm³/mol. The molecule has 13 heteroatoms. The molecule has 1 aromatic heterocycles. The molecule has 1 heterocycles. The smallest absolute Gasteiger partial charge is 0.341 e. The number of rotatable bonds is 13. The largest absolute Gasteiger partial charge is 0.462 e. The summed E-state index contributed by atoms with van der Waals surface area (Å²) in [5.41, 5.74) is 2.66. The monoisotopic (exact) mass is 810 g/mol. The van der Waals surface area contributed by atoms with E-state index in [1.807, 2.05) is 30.3 Å². The van der Waals surface area contributed by atoms with Crippen LogP contribution in [0.25, 0.3) is 6.08 Å². The molecule has 5 rings (SSSR count). The van der Waals surface area contributed by atoms with Gasteiger partial charge in [-0.05, 0) is 92.6 Å². The first-order chi connectivity index (χ1) is 25.5. The lowest BCUT2D eigenvalue weighted by atomic mass is 10.1. The van der Waals surface area contributed by atoms with Crippen LogP contribution in [-0.4, -0.2) is 41.5 Å². The number of benzene rings is 4. The van der Waals surface area contributed by atoms with Gasteiger partial charge in [0.05, 0.1) is 22.3 Å². The van der Waals surface area contributed by atoms with Crippen LogP contribution in [0, 0.1) is 6.92 Å². The highest BCUT2D eigenvalue weighted by Crippen LogP contribution is 2.35. The fourth-order valence-corrected chi connectivity index (χ4v) is 7.44. The standard InChI is InChI=1S/C40H35BrN4O6S2/c1-4-51-40(50)33-24(2)34(38(49)42-29-17-9-6-10-18-29)53-39(33)45-35(46)25(3)52-31-20-12-19-30(23-31)43-37(48)32(22-26-13-11-16-28(41)21-26)44-36(47)27-14-7-5-8-15-27/h5-23,25H,4H2,1-3H3,(H,42,49)(H,43,48)(H,44,47)(H,45,46)/b32-22+. The Morgan fingerprint density at radius 3 is 2.19 bits per heavy atom. The van der Waals surface area contributed by atoms with Gasteiger partial charge in [-0.3, -0.25) is 19.2 Å². The average Bonchev–Trinajstić information content (AvgIpc) is 3.47. The molecule has 1 atom stereocenters. The average molecular weight is 812 g/mol. The minimum absolute atomic E-state index is 0.0308. The second-order valence-corrected chi connectivity index (χ2v) is 14.8. The number of para-hydroxylation sites is 1. The minimum atomic E-state index is -0.655. The van der Waals surface area contributed by atoms with Crippen LogP contribution >= 0.6 is 39.0 Å². The van der Waals surface area contributed by atoms with Gasteiger partial charge in [0, 0.05) is 26.3 Å². The van der Waals surface area contributed by atoms with Crippen molar-refractivity contribution in [1.82, 2.24) is 5.32 Å². The van der Waals surface area contributed by atoms with Crippen molar-refractivity contribution in [3.8, 4) is 0 Å². The molecule has 270 valence electrons. The molecule has 0 saturated carbocycles. The molecule has 4 N–H and O–H groups in total. The van der Waals surface area contributed by atoms with Crippen LogP contribution in [0.5, 0.6) is 0 Å². The van der Waals surface area contributed by atoms with Crippen LogP contribution in [0.15, 0.2) is 124 Å². The zero-order valence-corrected chi connectivity index (χ0v) is 32.1. The molecular weight excluding hydrogens is 776 g/mol. The maximum Gasteiger partial charge on any atom is 0.341 e. The Morgan fingerprint density at radius 1 is 0.811 bits per heavy atom.